The number of fused-ring (bicyclic) bond motifs is 2. The Labute approximate surface area is 128 Å². The molecule has 0 radical (unpaired) electrons. The van der Waals surface area contributed by atoms with Gasteiger partial charge >= 0.3 is 12.0 Å². The number of piperidine rings is 1. The number of hydrogen-bond donors (Lipinski definition) is 1. The molecular weight excluding hydrogens is 288 g/mol. The minimum Gasteiger partial charge on any atom is -0.406 e. The zero-order valence-corrected chi connectivity index (χ0v) is 12.6. The van der Waals surface area contributed by atoms with Gasteiger partial charge in [-0.25, -0.2) is 9.86 Å². The van der Waals surface area contributed by atoms with E-state index in [9.17, 15) is 10.0 Å². The van der Waals surface area contributed by atoms with Gasteiger partial charge in [0, 0.05) is 32.7 Å². The van der Waals surface area contributed by atoms with Crippen molar-refractivity contribution in [3.05, 3.63) is 5.89 Å². The lowest BCUT2D eigenvalue weighted by molar-refractivity contribution is -0.0584. The molecule has 3 saturated heterocycles. The summed E-state index contributed by atoms with van der Waals surface area (Å²) >= 11 is 0. The quantitative estimate of drug-likeness (QED) is 0.778. The van der Waals surface area contributed by atoms with Crippen molar-refractivity contribution in [1.82, 2.24) is 25.1 Å². The molecule has 1 aromatic rings. The van der Waals surface area contributed by atoms with Gasteiger partial charge in [-0.15, -0.1) is 5.10 Å². The summed E-state index contributed by atoms with van der Waals surface area (Å²) in [4.78, 5) is 18.0. The van der Waals surface area contributed by atoms with Crippen LogP contribution in [0.15, 0.2) is 4.42 Å². The Bertz CT molecular complexity index is 570. The normalized spacial score (nSPS) is 29.5. The van der Waals surface area contributed by atoms with E-state index >= 15 is 0 Å². The number of hydroxylamine groups is 2. The first-order valence-electron chi connectivity index (χ1n) is 7.69. The summed E-state index contributed by atoms with van der Waals surface area (Å²) in [6, 6.07) is -0.178. The van der Waals surface area contributed by atoms with Crippen LogP contribution in [-0.4, -0.2) is 82.1 Å². The van der Waals surface area contributed by atoms with E-state index in [0.29, 0.717) is 18.5 Å². The van der Waals surface area contributed by atoms with Gasteiger partial charge in [0.2, 0.25) is 5.89 Å². The molecule has 1 N–H and O–H groups in total. The van der Waals surface area contributed by atoms with Crippen molar-refractivity contribution < 1.29 is 14.4 Å². The van der Waals surface area contributed by atoms with Gasteiger partial charge in [0.25, 0.3) is 0 Å². The molecule has 0 spiro atoms. The third-order valence-corrected chi connectivity index (χ3v) is 4.83. The maximum Gasteiger partial charge on any atom is 0.344 e. The van der Waals surface area contributed by atoms with Crippen LogP contribution in [0.3, 0.4) is 0 Å². The summed E-state index contributed by atoms with van der Waals surface area (Å²) in [6.45, 7) is 4.17. The van der Waals surface area contributed by atoms with Crippen LogP contribution in [0.25, 0.3) is 0 Å². The van der Waals surface area contributed by atoms with Gasteiger partial charge in [-0.1, -0.05) is 5.10 Å². The number of carbonyl (C=O) groups is 1. The highest BCUT2D eigenvalue weighted by atomic mass is 16.5. The molecule has 4 rings (SSSR count). The van der Waals surface area contributed by atoms with E-state index in [1.807, 2.05) is 0 Å². The summed E-state index contributed by atoms with van der Waals surface area (Å²) in [5.41, 5.74) is 0. The first-order valence-corrected chi connectivity index (χ1v) is 7.69. The Morgan fingerprint density at radius 2 is 1.95 bits per heavy atom. The van der Waals surface area contributed by atoms with Gasteiger partial charge in [-0.3, -0.25) is 5.21 Å². The fourth-order valence-corrected chi connectivity index (χ4v) is 3.39. The lowest BCUT2D eigenvalue weighted by Crippen LogP contribution is -2.44. The maximum absolute atomic E-state index is 12.0. The summed E-state index contributed by atoms with van der Waals surface area (Å²) in [5.74, 6) is 0.469. The average molecular weight is 308 g/mol. The number of rotatable bonds is 2. The summed E-state index contributed by atoms with van der Waals surface area (Å²) < 4.78 is 5.82. The molecule has 3 fully saturated rings. The molecule has 3 aliphatic rings. The number of likely N-dealkylation sites (N-methyl/N-ethyl adjacent to an activating group) is 1. The van der Waals surface area contributed by atoms with Crippen molar-refractivity contribution in [2.24, 2.45) is 0 Å². The smallest absolute Gasteiger partial charge is 0.344 e. The molecule has 0 aliphatic carbocycles. The molecule has 4 heterocycles. The van der Waals surface area contributed by atoms with Gasteiger partial charge in [-0.05, 0) is 19.9 Å². The van der Waals surface area contributed by atoms with Crippen LogP contribution in [0.1, 0.15) is 24.8 Å². The van der Waals surface area contributed by atoms with E-state index in [1.165, 1.54) is 0 Å². The van der Waals surface area contributed by atoms with Crippen LogP contribution < -0.4 is 4.90 Å². The maximum atomic E-state index is 12.0. The fraction of sp³-hybridized carbons (Fsp3) is 0.769. The van der Waals surface area contributed by atoms with E-state index < -0.39 is 0 Å². The molecule has 22 heavy (non-hydrogen) atoms. The van der Waals surface area contributed by atoms with Crippen LogP contribution in [0.5, 0.6) is 0 Å². The molecule has 0 aromatic carbocycles. The zero-order chi connectivity index (χ0) is 15.3. The van der Waals surface area contributed by atoms with E-state index in [1.54, 1.807) is 4.90 Å². The van der Waals surface area contributed by atoms with Crippen LogP contribution in [-0.2, 0) is 0 Å². The van der Waals surface area contributed by atoms with Gasteiger partial charge in [0.15, 0.2) is 0 Å². The van der Waals surface area contributed by atoms with E-state index in [0.717, 1.165) is 44.1 Å². The number of hydrogen-bond acceptors (Lipinski definition) is 7. The Balaban J connectivity index is 1.51. The fourth-order valence-electron chi connectivity index (χ4n) is 3.39. The predicted molar refractivity (Wildman–Crippen MR) is 75.5 cm³/mol. The number of amides is 2. The lowest BCUT2D eigenvalue weighted by atomic mass is 10.0. The predicted octanol–water partition coefficient (Wildman–Crippen LogP) is 0.152. The first-order chi connectivity index (χ1) is 10.6. The Hall–Kier alpha value is -1.87. The number of carbonyl (C=O) groups excluding carboxylic acids is 1. The summed E-state index contributed by atoms with van der Waals surface area (Å²) in [6.07, 6.45) is 1.48. The molecule has 0 unspecified atom stereocenters. The van der Waals surface area contributed by atoms with Gasteiger partial charge in [0.1, 0.15) is 6.04 Å². The van der Waals surface area contributed by atoms with Crippen molar-refractivity contribution in [3.63, 3.8) is 0 Å². The largest absolute Gasteiger partial charge is 0.406 e. The van der Waals surface area contributed by atoms with Crippen molar-refractivity contribution in [2.75, 3.05) is 44.7 Å². The summed E-state index contributed by atoms with van der Waals surface area (Å²) in [5, 5.41) is 18.8. The van der Waals surface area contributed by atoms with E-state index in [4.69, 9.17) is 4.42 Å². The molecule has 120 valence electrons. The third-order valence-electron chi connectivity index (χ3n) is 4.83. The van der Waals surface area contributed by atoms with Gasteiger partial charge in [0.05, 0.1) is 6.04 Å². The molecule has 2 amide bonds. The average Bonchev–Trinajstić information content (AvgIpc) is 3.10. The highest BCUT2D eigenvalue weighted by Crippen LogP contribution is 2.37. The molecule has 2 bridgehead atoms. The van der Waals surface area contributed by atoms with E-state index in [-0.39, 0.29) is 18.1 Å². The number of piperazine rings is 1. The standard InChI is InChI=1S/C13H20N6O3/c1-16-4-6-17(7-5-16)12-15-14-11(22-12)10-3-2-9-8-18(10)13(20)19(9)21/h9-10,21H,2-8H2,1H3/t9-,10+/m1/s1. The first kappa shape index (κ1) is 13.8. The SMILES string of the molecule is CN1CCN(c2nnc([C@@H]3CC[C@@H]4CN3C(=O)N4O)o2)CC1. The number of anilines is 1. The number of aromatic nitrogens is 2. The van der Waals surface area contributed by atoms with Crippen molar-refractivity contribution in [2.45, 2.75) is 24.9 Å². The van der Waals surface area contributed by atoms with Crippen LogP contribution in [0.2, 0.25) is 0 Å². The second-order valence-corrected chi connectivity index (χ2v) is 6.24. The second kappa shape index (κ2) is 5.10. The second-order valence-electron chi connectivity index (χ2n) is 6.24. The van der Waals surface area contributed by atoms with Crippen LogP contribution in [0.4, 0.5) is 10.8 Å². The Kier molecular flexibility index (Phi) is 3.19. The number of nitrogens with zero attached hydrogens (tertiary/aromatic N) is 6. The van der Waals surface area contributed by atoms with Crippen LogP contribution >= 0.6 is 0 Å². The minimum atomic E-state index is -0.369. The van der Waals surface area contributed by atoms with Crippen molar-refractivity contribution in [3.8, 4) is 0 Å². The highest BCUT2D eigenvalue weighted by Gasteiger charge is 2.46. The summed E-state index contributed by atoms with van der Waals surface area (Å²) in [7, 11) is 2.09. The zero-order valence-electron chi connectivity index (χ0n) is 12.6. The molecule has 1 aromatic heterocycles. The van der Waals surface area contributed by atoms with Gasteiger partial charge < -0.3 is 19.1 Å². The molecule has 3 aliphatic heterocycles. The molecule has 0 saturated carbocycles. The van der Waals surface area contributed by atoms with E-state index in [2.05, 4.69) is 27.0 Å². The molecule has 2 atom stereocenters. The minimum absolute atomic E-state index is 0.108. The van der Waals surface area contributed by atoms with Crippen molar-refractivity contribution in [1.29, 1.82) is 0 Å². The van der Waals surface area contributed by atoms with Crippen LogP contribution in [0, 0.1) is 0 Å². The monoisotopic (exact) mass is 308 g/mol. The Morgan fingerprint density at radius 1 is 1.18 bits per heavy atom. The number of urea groups is 1. The highest BCUT2D eigenvalue weighted by molar-refractivity contribution is 5.76. The molecule has 9 nitrogen and oxygen atoms in total. The Morgan fingerprint density at radius 3 is 2.73 bits per heavy atom. The molecule has 9 heteroatoms. The lowest BCUT2D eigenvalue weighted by Gasteiger charge is -2.31. The topological polar surface area (TPSA) is 89.2 Å². The molecular formula is C13H20N6O3. The third kappa shape index (κ3) is 2.12. The van der Waals surface area contributed by atoms with Gasteiger partial charge in [-0.2, -0.15) is 0 Å². The van der Waals surface area contributed by atoms with Crippen molar-refractivity contribution >= 4 is 12.0 Å².